The summed E-state index contributed by atoms with van der Waals surface area (Å²) in [6.07, 6.45) is 1.15. The zero-order valence-electron chi connectivity index (χ0n) is 13.0. The van der Waals surface area contributed by atoms with E-state index in [1.54, 1.807) is 7.11 Å². The van der Waals surface area contributed by atoms with E-state index in [0.29, 0.717) is 6.04 Å². The van der Waals surface area contributed by atoms with Crippen molar-refractivity contribution in [1.29, 1.82) is 0 Å². The number of aryl methyl sites for hydroxylation is 1. The summed E-state index contributed by atoms with van der Waals surface area (Å²) in [5.74, 6) is 2.04. The van der Waals surface area contributed by atoms with Crippen molar-refractivity contribution >= 4 is 0 Å². The highest BCUT2D eigenvalue weighted by Crippen LogP contribution is 2.16. The number of likely N-dealkylation sites (N-methyl/N-ethyl adjacent to an activating group) is 1. The van der Waals surface area contributed by atoms with Crippen molar-refractivity contribution in [2.75, 3.05) is 27.3 Å². The van der Waals surface area contributed by atoms with Crippen LogP contribution in [0.15, 0.2) is 10.5 Å². The van der Waals surface area contributed by atoms with Crippen molar-refractivity contribution in [3.63, 3.8) is 0 Å². The molecule has 0 aliphatic heterocycles. The van der Waals surface area contributed by atoms with Gasteiger partial charge in [-0.05, 0) is 39.9 Å². The van der Waals surface area contributed by atoms with Gasteiger partial charge in [-0.25, -0.2) is 0 Å². The van der Waals surface area contributed by atoms with Gasteiger partial charge in [-0.3, -0.25) is 4.90 Å². The highest BCUT2D eigenvalue weighted by Gasteiger charge is 2.13. The molecule has 0 aromatic carbocycles. The molecule has 0 bridgehead atoms. The molecule has 1 N–H and O–H groups in total. The van der Waals surface area contributed by atoms with E-state index in [-0.39, 0.29) is 0 Å². The Hall–Kier alpha value is -0.840. The summed E-state index contributed by atoms with van der Waals surface area (Å²) < 4.78 is 11.0. The zero-order valence-corrected chi connectivity index (χ0v) is 13.0. The van der Waals surface area contributed by atoms with Crippen molar-refractivity contribution in [2.24, 2.45) is 0 Å². The lowest BCUT2D eigenvalue weighted by Crippen LogP contribution is -2.32. The lowest BCUT2D eigenvalue weighted by molar-refractivity contribution is 0.107. The van der Waals surface area contributed by atoms with E-state index in [1.807, 2.05) is 6.92 Å². The summed E-state index contributed by atoms with van der Waals surface area (Å²) in [6.45, 7) is 9.85. The summed E-state index contributed by atoms with van der Waals surface area (Å²) in [7, 11) is 3.83. The maximum Gasteiger partial charge on any atom is 0.118 e. The third kappa shape index (κ3) is 5.35. The molecule has 0 aliphatic carbocycles. The van der Waals surface area contributed by atoms with Crippen LogP contribution in [0.25, 0.3) is 0 Å². The Morgan fingerprint density at radius 1 is 1.47 bits per heavy atom. The molecule has 1 aromatic rings. The van der Waals surface area contributed by atoms with Gasteiger partial charge in [0.25, 0.3) is 0 Å². The molecule has 19 heavy (non-hydrogen) atoms. The van der Waals surface area contributed by atoms with Crippen molar-refractivity contribution in [2.45, 2.75) is 46.3 Å². The highest BCUT2D eigenvalue weighted by atomic mass is 16.5. The van der Waals surface area contributed by atoms with Crippen LogP contribution in [0.1, 0.15) is 37.4 Å². The summed E-state index contributed by atoms with van der Waals surface area (Å²) >= 11 is 0. The van der Waals surface area contributed by atoms with E-state index in [9.17, 15) is 0 Å². The van der Waals surface area contributed by atoms with Gasteiger partial charge in [0, 0.05) is 25.3 Å². The van der Waals surface area contributed by atoms with Gasteiger partial charge in [0.15, 0.2) is 0 Å². The second kappa shape index (κ2) is 8.35. The standard InChI is InChI=1S/C15H28N2O2/c1-6-7-16-9-14-8-15(19-13(14)3)10-17(4)12(2)11-18-5/h8,12,16H,6-7,9-11H2,1-5H3. The minimum Gasteiger partial charge on any atom is -0.465 e. The van der Waals surface area contributed by atoms with Gasteiger partial charge in [0.2, 0.25) is 0 Å². The maximum atomic E-state index is 5.82. The summed E-state index contributed by atoms with van der Waals surface area (Å²) in [5, 5.41) is 3.41. The molecule has 0 radical (unpaired) electrons. The van der Waals surface area contributed by atoms with E-state index in [4.69, 9.17) is 9.15 Å². The lowest BCUT2D eigenvalue weighted by Gasteiger charge is -2.22. The molecule has 0 saturated heterocycles. The van der Waals surface area contributed by atoms with Gasteiger partial charge in [-0.2, -0.15) is 0 Å². The lowest BCUT2D eigenvalue weighted by atomic mass is 10.2. The molecule has 0 amide bonds. The smallest absolute Gasteiger partial charge is 0.118 e. The number of rotatable bonds is 9. The molecule has 1 aromatic heterocycles. The molecule has 0 fully saturated rings. The average Bonchev–Trinajstić information content (AvgIpc) is 2.70. The second-order valence-electron chi connectivity index (χ2n) is 5.19. The first-order valence-electron chi connectivity index (χ1n) is 7.06. The highest BCUT2D eigenvalue weighted by molar-refractivity contribution is 5.20. The number of ether oxygens (including phenoxy) is 1. The number of nitrogens with one attached hydrogen (secondary N) is 1. The third-order valence-corrected chi connectivity index (χ3v) is 3.38. The predicted octanol–water partition coefficient (Wildman–Crippen LogP) is 2.55. The van der Waals surface area contributed by atoms with Crippen LogP contribution in [0.2, 0.25) is 0 Å². The number of hydrogen-bond acceptors (Lipinski definition) is 4. The Balaban J connectivity index is 2.52. The molecule has 4 heteroatoms. The number of nitrogens with zero attached hydrogens (tertiary/aromatic N) is 1. The largest absolute Gasteiger partial charge is 0.465 e. The fourth-order valence-electron chi connectivity index (χ4n) is 2.01. The van der Waals surface area contributed by atoms with Gasteiger partial charge in [0.1, 0.15) is 11.5 Å². The van der Waals surface area contributed by atoms with Crippen molar-refractivity contribution in [3.8, 4) is 0 Å². The van der Waals surface area contributed by atoms with Crippen molar-refractivity contribution in [1.82, 2.24) is 10.2 Å². The van der Waals surface area contributed by atoms with Crippen LogP contribution in [0.4, 0.5) is 0 Å². The molecule has 0 spiro atoms. The number of hydrogen-bond donors (Lipinski definition) is 1. The Bertz CT molecular complexity index is 363. The van der Waals surface area contributed by atoms with Crippen LogP contribution >= 0.6 is 0 Å². The van der Waals surface area contributed by atoms with Crippen molar-refractivity contribution < 1.29 is 9.15 Å². The second-order valence-corrected chi connectivity index (χ2v) is 5.19. The Morgan fingerprint density at radius 2 is 2.21 bits per heavy atom. The van der Waals surface area contributed by atoms with E-state index >= 15 is 0 Å². The Labute approximate surface area is 117 Å². The molecule has 1 unspecified atom stereocenters. The fraction of sp³-hybridized carbons (Fsp3) is 0.733. The first-order chi connectivity index (χ1) is 9.08. The topological polar surface area (TPSA) is 37.6 Å². The zero-order chi connectivity index (χ0) is 14.3. The Morgan fingerprint density at radius 3 is 2.84 bits per heavy atom. The normalized spacial score (nSPS) is 13.2. The predicted molar refractivity (Wildman–Crippen MR) is 78.2 cm³/mol. The molecule has 1 heterocycles. The molecule has 1 atom stereocenters. The van der Waals surface area contributed by atoms with E-state index in [0.717, 1.165) is 44.2 Å². The van der Waals surface area contributed by atoms with Gasteiger partial charge in [-0.15, -0.1) is 0 Å². The van der Waals surface area contributed by atoms with Crippen molar-refractivity contribution in [3.05, 3.63) is 23.2 Å². The molecular formula is C15H28N2O2. The van der Waals surface area contributed by atoms with Gasteiger partial charge in [-0.1, -0.05) is 6.92 Å². The van der Waals surface area contributed by atoms with E-state index in [1.165, 1.54) is 5.56 Å². The van der Waals surface area contributed by atoms with Crippen LogP contribution in [-0.2, 0) is 17.8 Å². The summed E-state index contributed by atoms with van der Waals surface area (Å²) in [5.41, 5.74) is 1.26. The maximum absolute atomic E-state index is 5.82. The monoisotopic (exact) mass is 268 g/mol. The molecule has 1 rings (SSSR count). The number of methoxy groups -OCH3 is 1. The molecule has 4 nitrogen and oxygen atoms in total. The first kappa shape index (κ1) is 16.2. The first-order valence-corrected chi connectivity index (χ1v) is 7.06. The fourth-order valence-corrected chi connectivity index (χ4v) is 2.01. The van der Waals surface area contributed by atoms with Crippen LogP contribution in [0, 0.1) is 6.92 Å². The minimum absolute atomic E-state index is 0.386. The van der Waals surface area contributed by atoms with Gasteiger partial charge in [0.05, 0.1) is 13.2 Å². The Kier molecular flexibility index (Phi) is 7.13. The SMILES string of the molecule is CCCNCc1cc(CN(C)C(C)COC)oc1C. The number of furan rings is 1. The molecule has 0 saturated carbocycles. The average molecular weight is 268 g/mol. The van der Waals surface area contributed by atoms with Crippen LogP contribution in [0.5, 0.6) is 0 Å². The summed E-state index contributed by atoms with van der Waals surface area (Å²) in [4.78, 5) is 2.24. The van der Waals surface area contributed by atoms with E-state index in [2.05, 4.69) is 37.2 Å². The van der Waals surface area contributed by atoms with Gasteiger partial charge >= 0.3 is 0 Å². The van der Waals surface area contributed by atoms with Crippen LogP contribution in [-0.4, -0.2) is 38.3 Å². The molecule has 0 aliphatic rings. The third-order valence-electron chi connectivity index (χ3n) is 3.38. The molecular weight excluding hydrogens is 240 g/mol. The van der Waals surface area contributed by atoms with Crippen LogP contribution in [0.3, 0.4) is 0 Å². The quantitative estimate of drug-likeness (QED) is 0.699. The van der Waals surface area contributed by atoms with Crippen LogP contribution < -0.4 is 5.32 Å². The molecule has 110 valence electrons. The summed E-state index contributed by atoms with van der Waals surface area (Å²) in [6, 6.07) is 2.55. The van der Waals surface area contributed by atoms with E-state index < -0.39 is 0 Å². The van der Waals surface area contributed by atoms with Gasteiger partial charge < -0.3 is 14.5 Å². The minimum atomic E-state index is 0.386.